The summed E-state index contributed by atoms with van der Waals surface area (Å²) in [6, 6.07) is 0. The lowest BCUT2D eigenvalue weighted by Gasteiger charge is -2.48. The van der Waals surface area contributed by atoms with Gasteiger partial charge in [-0.25, -0.2) is 0 Å². The molecule has 0 spiro atoms. The minimum Gasteiger partial charge on any atom is -0.481 e. The topological polar surface area (TPSA) is 74.6 Å². The summed E-state index contributed by atoms with van der Waals surface area (Å²) in [6.07, 6.45) is 5.53. The Hall–Kier alpha value is -1.06. The van der Waals surface area contributed by atoms with E-state index in [1.807, 2.05) is 6.92 Å². The number of hydrogen-bond acceptors (Lipinski definition) is 2. The molecule has 0 amide bonds. The quantitative estimate of drug-likeness (QED) is 0.830. The van der Waals surface area contributed by atoms with Crippen molar-refractivity contribution in [3.05, 3.63) is 0 Å². The highest BCUT2D eigenvalue weighted by molar-refractivity contribution is 5.75. The second-order valence-corrected chi connectivity index (χ2v) is 6.63. The van der Waals surface area contributed by atoms with Gasteiger partial charge in [-0.2, -0.15) is 0 Å². The van der Waals surface area contributed by atoms with Crippen molar-refractivity contribution in [2.45, 2.75) is 52.4 Å². The molecular weight excluding hydrogens is 256 g/mol. The zero-order valence-electron chi connectivity index (χ0n) is 12.4. The van der Waals surface area contributed by atoms with Gasteiger partial charge in [0.05, 0.1) is 11.8 Å². The van der Waals surface area contributed by atoms with Crippen LogP contribution >= 0.6 is 0 Å². The highest BCUT2D eigenvalue weighted by atomic mass is 16.4. The summed E-state index contributed by atoms with van der Waals surface area (Å²) >= 11 is 0. The van der Waals surface area contributed by atoms with Crippen LogP contribution in [0.1, 0.15) is 52.4 Å². The third-order valence-corrected chi connectivity index (χ3v) is 5.80. The van der Waals surface area contributed by atoms with E-state index in [2.05, 4.69) is 6.92 Å². The number of carboxylic acids is 2. The van der Waals surface area contributed by atoms with Crippen molar-refractivity contribution in [1.82, 2.24) is 0 Å². The number of carbonyl (C=O) groups is 2. The highest BCUT2D eigenvalue weighted by Crippen LogP contribution is 2.51. The van der Waals surface area contributed by atoms with E-state index in [1.54, 1.807) is 0 Å². The average molecular weight is 282 g/mol. The van der Waals surface area contributed by atoms with Gasteiger partial charge in [0.25, 0.3) is 0 Å². The summed E-state index contributed by atoms with van der Waals surface area (Å²) in [5.41, 5.74) is 0. The Balaban J connectivity index is 2.26. The number of hydrogen-bond donors (Lipinski definition) is 2. The third kappa shape index (κ3) is 2.70. The SMILES string of the molecule is CCC1CCC2C(C1)CC(C(=O)O)C(CC)C2C(=O)O. The molecule has 6 unspecified atom stereocenters. The molecule has 0 heterocycles. The lowest BCUT2D eigenvalue weighted by atomic mass is 9.55. The maximum atomic E-state index is 11.7. The maximum absolute atomic E-state index is 11.7. The predicted molar refractivity (Wildman–Crippen MR) is 75.3 cm³/mol. The van der Waals surface area contributed by atoms with Gasteiger partial charge >= 0.3 is 11.9 Å². The van der Waals surface area contributed by atoms with E-state index in [1.165, 1.54) is 0 Å². The molecule has 4 heteroatoms. The van der Waals surface area contributed by atoms with Crippen LogP contribution in [-0.2, 0) is 9.59 Å². The molecule has 0 bridgehead atoms. The van der Waals surface area contributed by atoms with E-state index in [4.69, 9.17) is 0 Å². The van der Waals surface area contributed by atoms with Gasteiger partial charge in [0.2, 0.25) is 0 Å². The third-order valence-electron chi connectivity index (χ3n) is 5.80. The molecule has 0 aromatic rings. The smallest absolute Gasteiger partial charge is 0.307 e. The molecule has 2 aliphatic carbocycles. The highest BCUT2D eigenvalue weighted by Gasteiger charge is 2.50. The summed E-state index contributed by atoms with van der Waals surface area (Å²) in [5.74, 6) is -1.60. The fourth-order valence-corrected chi connectivity index (χ4v) is 4.76. The van der Waals surface area contributed by atoms with Gasteiger partial charge in [-0.05, 0) is 42.9 Å². The van der Waals surface area contributed by atoms with E-state index in [0.29, 0.717) is 24.7 Å². The summed E-state index contributed by atoms with van der Waals surface area (Å²) in [5, 5.41) is 19.1. The van der Waals surface area contributed by atoms with E-state index < -0.39 is 23.8 Å². The molecule has 2 N–H and O–H groups in total. The second-order valence-electron chi connectivity index (χ2n) is 6.63. The molecule has 114 valence electrons. The molecule has 0 aromatic carbocycles. The van der Waals surface area contributed by atoms with Gasteiger partial charge in [0, 0.05) is 0 Å². The molecule has 2 saturated carbocycles. The van der Waals surface area contributed by atoms with E-state index in [-0.39, 0.29) is 11.8 Å². The normalized spacial score (nSPS) is 40.9. The molecule has 0 aliphatic heterocycles. The fraction of sp³-hybridized carbons (Fsp3) is 0.875. The van der Waals surface area contributed by atoms with E-state index >= 15 is 0 Å². The Morgan fingerprint density at radius 3 is 2.20 bits per heavy atom. The van der Waals surface area contributed by atoms with E-state index in [0.717, 1.165) is 25.7 Å². The first kappa shape index (κ1) is 15.3. The van der Waals surface area contributed by atoms with Crippen molar-refractivity contribution in [3.63, 3.8) is 0 Å². The van der Waals surface area contributed by atoms with Gasteiger partial charge in [-0.3, -0.25) is 9.59 Å². The molecule has 6 atom stereocenters. The Bertz CT molecular complexity index is 379. The lowest BCUT2D eigenvalue weighted by Crippen LogP contribution is -2.48. The summed E-state index contributed by atoms with van der Waals surface area (Å²) in [7, 11) is 0. The Labute approximate surface area is 120 Å². The fourth-order valence-electron chi connectivity index (χ4n) is 4.76. The second kappa shape index (κ2) is 6.15. The first-order valence-corrected chi connectivity index (χ1v) is 7.95. The molecule has 4 nitrogen and oxygen atoms in total. The van der Waals surface area contributed by atoms with Crippen molar-refractivity contribution < 1.29 is 19.8 Å². The molecule has 2 fully saturated rings. The molecule has 0 saturated heterocycles. The number of aliphatic carboxylic acids is 2. The van der Waals surface area contributed by atoms with Crippen molar-refractivity contribution in [3.8, 4) is 0 Å². The number of fused-ring (bicyclic) bond motifs is 1. The first-order chi connectivity index (χ1) is 9.49. The number of rotatable bonds is 4. The van der Waals surface area contributed by atoms with Crippen LogP contribution in [0, 0.1) is 35.5 Å². The molecule has 2 rings (SSSR count). The van der Waals surface area contributed by atoms with Crippen LogP contribution in [-0.4, -0.2) is 22.2 Å². The van der Waals surface area contributed by atoms with E-state index in [9.17, 15) is 19.8 Å². The molecule has 0 radical (unpaired) electrons. The van der Waals surface area contributed by atoms with Gasteiger partial charge in [0.1, 0.15) is 0 Å². The standard InChI is InChI=1S/C16H26O4/c1-3-9-5-6-12-10(7-9)8-13(15(17)18)11(4-2)14(12)16(19)20/h9-14H,3-8H2,1-2H3,(H,17,18)(H,19,20). The van der Waals surface area contributed by atoms with Crippen molar-refractivity contribution in [2.24, 2.45) is 35.5 Å². The van der Waals surface area contributed by atoms with Crippen LogP contribution in [0.25, 0.3) is 0 Å². The van der Waals surface area contributed by atoms with Crippen LogP contribution < -0.4 is 0 Å². The zero-order chi connectivity index (χ0) is 14.9. The Morgan fingerprint density at radius 2 is 1.70 bits per heavy atom. The lowest BCUT2D eigenvalue weighted by molar-refractivity contribution is -0.160. The Kier molecular flexibility index (Phi) is 4.71. The minimum absolute atomic E-state index is 0.191. The summed E-state index contributed by atoms with van der Waals surface area (Å²) in [4.78, 5) is 23.2. The van der Waals surface area contributed by atoms with Crippen LogP contribution in [0.3, 0.4) is 0 Å². The summed E-state index contributed by atoms with van der Waals surface area (Å²) in [6.45, 7) is 4.10. The molecule has 20 heavy (non-hydrogen) atoms. The average Bonchev–Trinajstić information content (AvgIpc) is 2.43. The van der Waals surface area contributed by atoms with Crippen LogP contribution in [0.15, 0.2) is 0 Å². The predicted octanol–water partition coefficient (Wildman–Crippen LogP) is 3.26. The summed E-state index contributed by atoms with van der Waals surface area (Å²) < 4.78 is 0. The van der Waals surface area contributed by atoms with Crippen LogP contribution in [0.2, 0.25) is 0 Å². The number of carboxylic acid groups (broad SMARTS) is 2. The van der Waals surface area contributed by atoms with Gasteiger partial charge in [-0.15, -0.1) is 0 Å². The largest absolute Gasteiger partial charge is 0.481 e. The monoisotopic (exact) mass is 282 g/mol. The van der Waals surface area contributed by atoms with Gasteiger partial charge in [0.15, 0.2) is 0 Å². The van der Waals surface area contributed by atoms with Crippen molar-refractivity contribution in [2.75, 3.05) is 0 Å². The first-order valence-electron chi connectivity index (χ1n) is 7.95. The molecule has 2 aliphatic rings. The Morgan fingerprint density at radius 1 is 1.00 bits per heavy atom. The maximum Gasteiger partial charge on any atom is 0.307 e. The van der Waals surface area contributed by atoms with Crippen LogP contribution in [0.5, 0.6) is 0 Å². The van der Waals surface area contributed by atoms with Crippen molar-refractivity contribution >= 4 is 11.9 Å². The zero-order valence-corrected chi connectivity index (χ0v) is 12.4. The van der Waals surface area contributed by atoms with Gasteiger partial charge in [-0.1, -0.05) is 33.1 Å². The molecular formula is C16H26O4. The van der Waals surface area contributed by atoms with Crippen LogP contribution in [0.4, 0.5) is 0 Å². The van der Waals surface area contributed by atoms with Gasteiger partial charge < -0.3 is 10.2 Å². The minimum atomic E-state index is -0.805. The van der Waals surface area contributed by atoms with Crippen molar-refractivity contribution in [1.29, 1.82) is 0 Å². The molecule has 0 aromatic heterocycles.